The third-order valence-electron chi connectivity index (χ3n) is 2.59. The van der Waals surface area contributed by atoms with Crippen LogP contribution in [-0.2, 0) is 11.7 Å². The van der Waals surface area contributed by atoms with Gasteiger partial charge >= 0.3 is 0 Å². The van der Waals surface area contributed by atoms with Gasteiger partial charge in [0.1, 0.15) is 0 Å². The summed E-state index contributed by atoms with van der Waals surface area (Å²) in [6.07, 6.45) is 0. The lowest BCUT2D eigenvalue weighted by Gasteiger charge is -2.07. The molecule has 0 aliphatic heterocycles. The van der Waals surface area contributed by atoms with Crippen molar-refractivity contribution in [2.24, 2.45) is 0 Å². The van der Waals surface area contributed by atoms with Crippen molar-refractivity contribution in [3.05, 3.63) is 58.6 Å². The monoisotopic (exact) mass is 275 g/mol. The first kappa shape index (κ1) is 13.2. The molecule has 1 amide bonds. The first-order chi connectivity index (χ1) is 9.06. The fourth-order valence-electron chi connectivity index (χ4n) is 1.67. The molecule has 0 aliphatic carbocycles. The zero-order valence-electron chi connectivity index (χ0n) is 10.0. The van der Waals surface area contributed by atoms with E-state index in [0.717, 1.165) is 5.56 Å². The first-order valence-corrected chi connectivity index (χ1v) is 6.03. The van der Waals surface area contributed by atoms with Gasteiger partial charge < -0.3 is 11.1 Å². The van der Waals surface area contributed by atoms with Crippen LogP contribution >= 0.6 is 11.6 Å². The molecule has 0 aliphatic rings. The second kappa shape index (κ2) is 5.63. The second-order valence-corrected chi connectivity index (χ2v) is 4.47. The van der Waals surface area contributed by atoms with Crippen LogP contribution in [-0.4, -0.2) is 5.91 Å². The summed E-state index contributed by atoms with van der Waals surface area (Å²) in [6.45, 7) is 0.293. The summed E-state index contributed by atoms with van der Waals surface area (Å²) in [4.78, 5) is 11.9. The minimum atomic E-state index is -0.357. The summed E-state index contributed by atoms with van der Waals surface area (Å²) in [5, 5.41) is 14.5. The fourth-order valence-corrected chi connectivity index (χ4v) is 1.88. The smallest absolute Gasteiger partial charge is 0.251 e. The number of rotatable bonds is 3. The van der Waals surface area contributed by atoms with Crippen molar-refractivity contribution in [1.29, 1.82) is 0 Å². The average molecular weight is 276 g/mol. The molecule has 2 aromatic rings. The molecule has 2 aromatic carbocycles. The maximum atomic E-state index is 11.9. The molecule has 0 fully saturated rings. The third-order valence-corrected chi connectivity index (χ3v) is 2.96. The van der Waals surface area contributed by atoms with Crippen molar-refractivity contribution in [3.8, 4) is 5.75 Å². The summed E-state index contributed by atoms with van der Waals surface area (Å²) in [5.41, 5.74) is 6.86. The van der Waals surface area contributed by atoms with E-state index in [-0.39, 0.29) is 22.9 Å². The number of nitrogens with two attached hydrogens (primary N) is 1. The van der Waals surface area contributed by atoms with Crippen LogP contribution in [0.2, 0.25) is 5.02 Å². The number of carbonyl (C=O) groups excluding carboxylic acids is 1. The Hall–Kier alpha value is -2.20. The molecule has 0 heterocycles. The molecule has 0 aromatic heterocycles. The Labute approximate surface area is 115 Å². The largest absolute Gasteiger partial charge is 0.399 e. The quantitative estimate of drug-likeness (QED) is 0.845. The van der Waals surface area contributed by atoms with Crippen molar-refractivity contribution in [1.82, 2.24) is 5.32 Å². The molecule has 0 spiro atoms. The van der Waals surface area contributed by atoms with E-state index in [1.54, 1.807) is 6.07 Å². The molecule has 0 bridgehead atoms. The summed E-state index contributed by atoms with van der Waals surface area (Å²) >= 11 is 5.98. The molecule has 19 heavy (non-hydrogen) atoms. The highest BCUT2D eigenvalue weighted by molar-refractivity contribution is 6.31. The number of halogens is 1. The molecule has 0 saturated carbocycles. The summed E-state index contributed by atoms with van der Waals surface area (Å²) in [6, 6.07) is 11.2. The van der Waals surface area contributed by atoms with Gasteiger partial charge in [0.05, 0.1) is 0 Å². The minimum Gasteiger partial charge on any atom is -0.399 e. The van der Waals surface area contributed by atoms with Crippen LogP contribution in [0.15, 0.2) is 42.5 Å². The van der Waals surface area contributed by atoms with E-state index >= 15 is 0 Å². The van der Waals surface area contributed by atoms with E-state index in [9.17, 15) is 9.90 Å². The molecular formula is C14H12ClN2O2. The average Bonchev–Trinajstić information content (AvgIpc) is 2.36. The molecule has 0 atom stereocenters. The molecule has 1 radical (unpaired) electrons. The molecule has 97 valence electrons. The maximum Gasteiger partial charge on any atom is 0.251 e. The van der Waals surface area contributed by atoms with Crippen LogP contribution in [0.5, 0.6) is 5.75 Å². The maximum absolute atomic E-state index is 11.9. The van der Waals surface area contributed by atoms with E-state index in [1.165, 1.54) is 18.2 Å². The van der Waals surface area contributed by atoms with E-state index < -0.39 is 0 Å². The highest BCUT2D eigenvalue weighted by Gasteiger charge is 2.09. The van der Waals surface area contributed by atoms with Gasteiger partial charge in [0.25, 0.3) is 5.91 Å². The second-order valence-electron chi connectivity index (χ2n) is 4.06. The Kier molecular flexibility index (Phi) is 3.92. The summed E-state index contributed by atoms with van der Waals surface area (Å²) in [7, 11) is 0. The Balaban J connectivity index is 2.08. The molecule has 0 unspecified atom stereocenters. The van der Waals surface area contributed by atoms with Gasteiger partial charge in [-0.05, 0) is 23.8 Å². The lowest BCUT2D eigenvalue weighted by atomic mass is 10.1. The van der Waals surface area contributed by atoms with Crippen molar-refractivity contribution in [2.45, 2.75) is 6.54 Å². The number of nitrogen functional groups attached to an aromatic ring is 1. The van der Waals surface area contributed by atoms with Crippen molar-refractivity contribution < 1.29 is 9.90 Å². The van der Waals surface area contributed by atoms with E-state index in [4.69, 9.17) is 17.3 Å². The number of hydrogen-bond acceptors (Lipinski definition) is 2. The Bertz CT molecular complexity index is 594. The van der Waals surface area contributed by atoms with Gasteiger partial charge in [-0.25, -0.2) is 0 Å². The topological polar surface area (TPSA) is 75.0 Å². The molecule has 0 saturated heterocycles. The number of anilines is 1. The molecule has 3 N–H and O–H groups in total. The van der Waals surface area contributed by atoms with Gasteiger partial charge in [-0.2, -0.15) is 0 Å². The minimum absolute atomic E-state index is 0.247. The highest BCUT2D eigenvalue weighted by atomic mass is 35.5. The highest BCUT2D eigenvalue weighted by Crippen LogP contribution is 2.18. The van der Waals surface area contributed by atoms with Crippen molar-refractivity contribution in [3.63, 3.8) is 0 Å². The van der Waals surface area contributed by atoms with Gasteiger partial charge in [0.15, 0.2) is 5.75 Å². The van der Waals surface area contributed by atoms with Crippen LogP contribution in [0.25, 0.3) is 0 Å². The van der Waals surface area contributed by atoms with Gasteiger partial charge in [-0.15, -0.1) is 0 Å². The SMILES string of the molecule is Nc1cc([O])cc(C(=O)NCc2ccccc2Cl)c1. The van der Waals surface area contributed by atoms with Gasteiger partial charge in [0.2, 0.25) is 0 Å². The predicted molar refractivity (Wildman–Crippen MR) is 73.6 cm³/mol. The standard InChI is InChI=1S/C14H12ClN2O2/c15-13-4-2-1-3-9(13)8-17-14(19)10-5-11(16)7-12(18)6-10/h1-7H,8,16H2,(H,17,19). The Morgan fingerprint density at radius 1 is 1.21 bits per heavy atom. The normalized spacial score (nSPS) is 10.2. The van der Waals surface area contributed by atoms with Crippen molar-refractivity contribution >= 4 is 23.2 Å². The fraction of sp³-hybridized carbons (Fsp3) is 0.0714. The van der Waals surface area contributed by atoms with Crippen LogP contribution in [0, 0.1) is 0 Å². The zero-order valence-corrected chi connectivity index (χ0v) is 10.8. The van der Waals surface area contributed by atoms with Gasteiger partial charge in [-0.1, -0.05) is 29.8 Å². The molecular weight excluding hydrogens is 264 g/mol. The number of carbonyl (C=O) groups is 1. The lowest BCUT2D eigenvalue weighted by Crippen LogP contribution is -2.23. The molecule has 2 rings (SSSR count). The number of nitrogens with one attached hydrogen (secondary N) is 1. The molecule has 5 heteroatoms. The van der Waals surface area contributed by atoms with Crippen LogP contribution in [0.4, 0.5) is 5.69 Å². The Morgan fingerprint density at radius 3 is 2.63 bits per heavy atom. The van der Waals surface area contributed by atoms with Crippen LogP contribution in [0.3, 0.4) is 0 Å². The Morgan fingerprint density at radius 2 is 1.95 bits per heavy atom. The van der Waals surface area contributed by atoms with Crippen molar-refractivity contribution in [2.75, 3.05) is 5.73 Å². The van der Waals surface area contributed by atoms with E-state index in [1.807, 2.05) is 18.2 Å². The molecule has 4 nitrogen and oxygen atoms in total. The van der Waals surface area contributed by atoms with Crippen LogP contribution < -0.4 is 11.1 Å². The predicted octanol–water partition coefficient (Wildman–Crippen LogP) is 3.00. The van der Waals surface area contributed by atoms with E-state index in [0.29, 0.717) is 11.6 Å². The van der Waals surface area contributed by atoms with Crippen LogP contribution in [0.1, 0.15) is 15.9 Å². The summed E-state index contributed by atoms with van der Waals surface area (Å²) in [5.74, 6) is -0.646. The lowest BCUT2D eigenvalue weighted by molar-refractivity contribution is 0.0950. The third kappa shape index (κ3) is 3.39. The number of amides is 1. The first-order valence-electron chi connectivity index (χ1n) is 5.65. The summed E-state index contributed by atoms with van der Waals surface area (Å²) < 4.78 is 0. The van der Waals surface area contributed by atoms with Gasteiger partial charge in [0, 0.05) is 28.9 Å². The number of benzene rings is 2. The van der Waals surface area contributed by atoms with E-state index in [2.05, 4.69) is 5.32 Å². The number of hydrogen-bond donors (Lipinski definition) is 2. The van der Waals surface area contributed by atoms with Gasteiger partial charge in [-0.3, -0.25) is 9.90 Å². The zero-order chi connectivity index (χ0) is 13.8.